The van der Waals surface area contributed by atoms with Gasteiger partial charge in [-0.1, -0.05) is 12.1 Å². The number of pyridine rings is 1. The number of carbonyl (C=O) groups excluding carboxylic acids is 1. The van der Waals surface area contributed by atoms with E-state index in [4.69, 9.17) is 14.2 Å². The largest absolute Gasteiger partial charge is 0.486 e. The second kappa shape index (κ2) is 6.34. The third-order valence-corrected chi connectivity index (χ3v) is 3.27. The average molecular weight is 300 g/mol. The summed E-state index contributed by atoms with van der Waals surface area (Å²) in [5.74, 6) is 1.45. The lowest BCUT2D eigenvalue weighted by atomic mass is 10.2. The number of ether oxygens (including phenoxy) is 3. The van der Waals surface area contributed by atoms with Crippen molar-refractivity contribution in [2.75, 3.05) is 20.3 Å². The van der Waals surface area contributed by atoms with Crippen LogP contribution in [-0.2, 0) is 0 Å². The Morgan fingerprint density at radius 1 is 1.32 bits per heavy atom. The number of para-hydroxylation sites is 2. The van der Waals surface area contributed by atoms with Crippen LogP contribution in [0.3, 0.4) is 0 Å². The van der Waals surface area contributed by atoms with Crippen LogP contribution in [0.4, 0.5) is 0 Å². The molecular weight excluding hydrogens is 284 g/mol. The fourth-order valence-corrected chi connectivity index (χ4v) is 2.19. The van der Waals surface area contributed by atoms with E-state index in [0.717, 1.165) is 5.75 Å². The van der Waals surface area contributed by atoms with Crippen LogP contribution in [0.2, 0.25) is 0 Å². The topological polar surface area (TPSA) is 69.7 Å². The summed E-state index contributed by atoms with van der Waals surface area (Å²) in [4.78, 5) is 16.2. The summed E-state index contributed by atoms with van der Waals surface area (Å²) in [7, 11) is 1.48. The molecule has 0 saturated carbocycles. The molecule has 6 heteroatoms. The molecule has 1 aliphatic heterocycles. The van der Waals surface area contributed by atoms with Crippen molar-refractivity contribution in [1.82, 2.24) is 10.3 Å². The van der Waals surface area contributed by atoms with Gasteiger partial charge in [0, 0.05) is 6.20 Å². The molecule has 1 aliphatic rings. The van der Waals surface area contributed by atoms with Crippen molar-refractivity contribution in [2.45, 2.75) is 6.10 Å². The van der Waals surface area contributed by atoms with E-state index in [9.17, 15) is 4.79 Å². The van der Waals surface area contributed by atoms with Crippen LogP contribution in [0.15, 0.2) is 42.6 Å². The number of fused-ring (bicyclic) bond motifs is 1. The molecule has 0 fully saturated rings. The highest BCUT2D eigenvalue weighted by Gasteiger charge is 2.22. The molecule has 1 unspecified atom stereocenters. The molecule has 1 atom stereocenters. The maximum atomic E-state index is 12.2. The molecule has 6 nitrogen and oxygen atoms in total. The van der Waals surface area contributed by atoms with E-state index in [1.54, 1.807) is 18.3 Å². The van der Waals surface area contributed by atoms with E-state index in [1.165, 1.54) is 7.11 Å². The van der Waals surface area contributed by atoms with E-state index in [1.807, 2.05) is 24.3 Å². The van der Waals surface area contributed by atoms with E-state index >= 15 is 0 Å². The van der Waals surface area contributed by atoms with Gasteiger partial charge in [0.1, 0.15) is 18.3 Å². The molecule has 3 rings (SSSR count). The molecule has 2 aromatic rings. The van der Waals surface area contributed by atoms with Gasteiger partial charge in [0.25, 0.3) is 5.91 Å². The Hall–Kier alpha value is -2.76. The summed E-state index contributed by atoms with van der Waals surface area (Å²) >= 11 is 0. The van der Waals surface area contributed by atoms with Crippen LogP contribution in [0.25, 0.3) is 0 Å². The molecule has 2 heterocycles. The lowest BCUT2D eigenvalue weighted by Crippen LogP contribution is -2.40. The SMILES string of the molecule is COc1ncccc1C(=O)NCC1COc2ccccc2O1. The average Bonchev–Trinajstić information content (AvgIpc) is 2.59. The Morgan fingerprint density at radius 2 is 2.14 bits per heavy atom. The fourth-order valence-electron chi connectivity index (χ4n) is 2.19. The molecule has 1 N–H and O–H groups in total. The fraction of sp³-hybridized carbons (Fsp3) is 0.250. The summed E-state index contributed by atoms with van der Waals surface area (Å²) in [6.45, 7) is 0.729. The highest BCUT2D eigenvalue weighted by Crippen LogP contribution is 2.30. The predicted molar refractivity (Wildman–Crippen MR) is 79.5 cm³/mol. The van der Waals surface area contributed by atoms with Gasteiger partial charge in [-0.2, -0.15) is 0 Å². The maximum absolute atomic E-state index is 12.2. The Bertz CT molecular complexity index is 675. The number of nitrogens with one attached hydrogen (secondary N) is 1. The number of rotatable bonds is 4. The molecule has 114 valence electrons. The van der Waals surface area contributed by atoms with Crippen molar-refractivity contribution in [1.29, 1.82) is 0 Å². The third kappa shape index (κ3) is 2.95. The number of hydrogen-bond donors (Lipinski definition) is 1. The van der Waals surface area contributed by atoms with Gasteiger partial charge >= 0.3 is 0 Å². The first-order valence-electron chi connectivity index (χ1n) is 6.93. The second-order valence-electron chi connectivity index (χ2n) is 4.77. The Kier molecular flexibility index (Phi) is 4.09. The van der Waals surface area contributed by atoms with Crippen molar-refractivity contribution in [3.63, 3.8) is 0 Å². The number of aromatic nitrogens is 1. The highest BCUT2D eigenvalue weighted by molar-refractivity contribution is 5.96. The molecule has 1 amide bonds. The first-order chi connectivity index (χ1) is 10.8. The second-order valence-corrected chi connectivity index (χ2v) is 4.77. The summed E-state index contributed by atoms with van der Waals surface area (Å²) in [5, 5.41) is 2.81. The van der Waals surface area contributed by atoms with Crippen molar-refractivity contribution in [3.8, 4) is 17.4 Å². The van der Waals surface area contributed by atoms with E-state index in [-0.39, 0.29) is 12.0 Å². The lowest BCUT2D eigenvalue weighted by Gasteiger charge is -2.26. The van der Waals surface area contributed by atoms with Crippen LogP contribution >= 0.6 is 0 Å². The number of nitrogens with zero attached hydrogens (tertiary/aromatic N) is 1. The predicted octanol–water partition coefficient (Wildman–Crippen LogP) is 1.66. The first kappa shape index (κ1) is 14.2. The van der Waals surface area contributed by atoms with Gasteiger partial charge < -0.3 is 19.5 Å². The number of methoxy groups -OCH3 is 1. The minimum absolute atomic E-state index is 0.235. The Balaban J connectivity index is 1.60. The summed E-state index contributed by atoms with van der Waals surface area (Å²) in [5.41, 5.74) is 0.391. The Labute approximate surface area is 128 Å². The van der Waals surface area contributed by atoms with Crippen LogP contribution < -0.4 is 19.5 Å². The number of carbonyl (C=O) groups is 1. The number of amides is 1. The number of hydrogen-bond acceptors (Lipinski definition) is 5. The van der Waals surface area contributed by atoms with Crippen molar-refractivity contribution >= 4 is 5.91 Å². The zero-order valence-electron chi connectivity index (χ0n) is 12.1. The van der Waals surface area contributed by atoms with E-state index in [2.05, 4.69) is 10.3 Å². The molecular formula is C16H16N2O4. The standard InChI is InChI=1S/C16H16N2O4/c1-20-16-12(5-4-8-17-16)15(19)18-9-11-10-21-13-6-2-3-7-14(13)22-11/h2-8,11H,9-10H2,1H3,(H,18,19). The van der Waals surface area contributed by atoms with Gasteiger partial charge in [-0.25, -0.2) is 4.98 Å². The van der Waals surface area contributed by atoms with Crippen LogP contribution in [0, 0.1) is 0 Å². The lowest BCUT2D eigenvalue weighted by molar-refractivity contribution is 0.0787. The normalized spacial score (nSPS) is 16.0. The molecule has 1 aromatic carbocycles. The molecule has 0 spiro atoms. The smallest absolute Gasteiger partial charge is 0.256 e. The van der Waals surface area contributed by atoms with Gasteiger partial charge in [-0.05, 0) is 24.3 Å². The molecule has 22 heavy (non-hydrogen) atoms. The maximum Gasteiger partial charge on any atom is 0.256 e. The van der Waals surface area contributed by atoms with Gasteiger partial charge in [0.05, 0.1) is 13.7 Å². The Morgan fingerprint density at radius 3 is 2.95 bits per heavy atom. The van der Waals surface area contributed by atoms with E-state index in [0.29, 0.717) is 30.3 Å². The van der Waals surface area contributed by atoms with E-state index < -0.39 is 0 Å². The molecule has 0 saturated heterocycles. The van der Waals surface area contributed by atoms with Crippen LogP contribution in [0.5, 0.6) is 17.4 Å². The zero-order valence-corrected chi connectivity index (χ0v) is 12.1. The first-order valence-corrected chi connectivity index (χ1v) is 6.93. The van der Waals surface area contributed by atoms with Gasteiger partial charge in [-0.3, -0.25) is 4.79 Å². The molecule has 1 aromatic heterocycles. The monoisotopic (exact) mass is 300 g/mol. The molecule has 0 radical (unpaired) electrons. The summed E-state index contributed by atoms with van der Waals surface area (Å²) in [6, 6.07) is 10.8. The van der Waals surface area contributed by atoms with Gasteiger partial charge in [0.2, 0.25) is 5.88 Å². The molecule has 0 bridgehead atoms. The van der Waals surface area contributed by atoms with Crippen LogP contribution in [-0.4, -0.2) is 37.3 Å². The number of benzene rings is 1. The zero-order chi connectivity index (χ0) is 15.4. The summed E-state index contributed by atoms with van der Waals surface area (Å²) in [6.07, 6.45) is 1.34. The minimum Gasteiger partial charge on any atom is -0.486 e. The van der Waals surface area contributed by atoms with Crippen LogP contribution in [0.1, 0.15) is 10.4 Å². The van der Waals surface area contributed by atoms with Gasteiger partial charge in [0.15, 0.2) is 11.5 Å². The van der Waals surface area contributed by atoms with Gasteiger partial charge in [-0.15, -0.1) is 0 Å². The highest BCUT2D eigenvalue weighted by atomic mass is 16.6. The minimum atomic E-state index is -0.257. The van der Waals surface area contributed by atoms with Crippen molar-refractivity contribution in [2.24, 2.45) is 0 Å². The van der Waals surface area contributed by atoms with Crippen molar-refractivity contribution in [3.05, 3.63) is 48.2 Å². The van der Waals surface area contributed by atoms with Crippen molar-refractivity contribution < 1.29 is 19.0 Å². The third-order valence-electron chi connectivity index (χ3n) is 3.27. The summed E-state index contributed by atoms with van der Waals surface area (Å²) < 4.78 is 16.5. The molecule has 0 aliphatic carbocycles. The quantitative estimate of drug-likeness (QED) is 0.930.